The predicted octanol–water partition coefficient (Wildman–Crippen LogP) is 1.52. The van der Waals surface area contributed by atoms with Gasteiger partial charge in [0.05, 0.1) is 31.5 Å². The van der Waals surface area contributed by atoms with E-state index < -0.39 is 0 Å². The van der Waals surface area contributed by atoms with Crippen molar-refractivity contribution in [2.24, 2.45) is 13.0 Å². The molecule has 4 rings (SSSR count). The molecule has 0 N–H and O–H groups in total. The largest absolute Gasteiger partial charge is 0.478 e. The summed E-state index contributed by atoms with van der Waals surface area (Å²) in [5.41, 5.74) is 0.427. The molecule has 7 nitrogen and oxygen atoms in total. The average molecular weight is 342 g/mol. The first-order chi connectivity index (χ1) is 12.2. The third-order valence-electron chi connectivity index (χ3n) is 5.11. The van der Waals surface area contributed by atoms with Gasteiger partial charge in [0.15, 0.2) is 0 Å². The van der Waals surface area contributed by atoms with Crippen molar-refractivity contribution in [3.8, 4) is 5.88 Å². The maximum Gasteiger partial charge on any atom is 0.257 e. The Balaban J connectivity index is 1.31. The van der Waals surface area contributed by atoms with Gasteiger partial charge in [-0.15, -0.1) is 0 Å². The van der Waals surface area contributed by atoms with Crippen LogP contribution in [0.2, 0.25) is 0 Å². The minimum atomic E-state index is -0.203. The van der Waals surface area contributed by atoms with Crippen LogP contribution in [-0.4, -0.2) is 57.5 Å². The van der Waals surface area contributed by atoms with Gasteiger partial charge in [-0.3, -0.25) is 9.48 Å². The number of carbonyl (C=O) groups is 1. The van der Waals surface area contributed by atoms with Crippen molar-refractivity contribution in [1.29, 1.82) is 0 Å². The smallest absolute Gasteiger partial charge is 0.257 e. The molecule has 7 heteroatoms. The van der Waals surface area contributed by atoms with Gasteiger partial charge in [-0.05, 0) is 24.8 Å². The molecule has 0 aromatic carbocycles. The number of hydrogen-bond donors (Lipinski definition) is 0. The minimum Gasteiger partial charge on any atom is -0.478 e. The van der Waals surface area contributed by atoms with Crippen LogP contribution in [-0.2, 0) is 11.8 Å². The highest BCUT2D eigenvalue weighted by atomic mass is 16.5. The Morgan fingerprint density at radius 2 is 2.32 bits per heavy atom. The summed E-state index contributed by atoms with van der Waals surface area (Å²) >= 11 is 0. The van der Waals surface area contributed by atoms with Gasteiger partial charge >= 0.3 is 0 Å². The van der Waals surface area contributed by atoms with Gasteiger partial charge in [0.1, 0.15) is 5.60 Å². The van der Waals surface area contributed by atoms with Crippen molar-refractivity contribution in [2.45, 2.75) is 18.4 Å². The number of amides is 1. The van der Waals surface area contributed by atoms with E-state index in [1.165, 1.54) is 0 Å². The molecule has 2 saturated heterocycles. The first-order valence-corrected chi connectivity index (χ1v) is 8.62. The van der Waals surface area contributed by atoms with Gasteiger partial charge in [0, 0.05) is 32.1 Å². The molecule has 132 valence electrons. The third kappa shape index (κ3) is 3.11. The molecule has 2 aromatic heterocycles. The summed E-state index contributed by atoms with van der Waals surface area (Å²) in [4.78, 5) is 18.5. The Kier molecular flexibility index (Phi) is 4.17. The van der Waals surface area contributed by atoms with Gasteiger partial charge in [0.25, 0.3) is 5.91 Å². The number of aromatic nitrogens is 3. The van der Waals surface area contributed by atoms with Crippen molar-refractivity contribution in [3.63, 3.8) is 0 Å². The Morgan fingerprint density at radius 1 is 1.44 bits per heavy atom. The van der Waals surface area contributed by atoms with Crippen molar-refractivity contribution >= 4 is 5.91 Å². The average Bonchev–Trinajstić information content (AvgIpc) is 3.20. The maximum atomic E-state index is 12.5. The van der Waals surface area contributed by atoms with E-state index in [9.17, 15) is 4.79 Å². The molecule has 1 spiro atoms. The molecule has 1 atom stereocenters. The van der Waals surface area contributed by atoms with E-state index in [2.05, 4.69) is 10.1 Å². The summed E-state index contributed by atoms with van der Waals surface area (Å²) in [5, 5.41) is 4.07. The topological polar surface area (TPSA) is 69.5 Å². The number of hydrogen-bond acceptors (Lipinski definition) is 5. The molecular weight excluding hydrogens is 320 g/mol. The molecular formula is C18H22N4O3. The molecule has 2 aliphatic rings. The number of likely N-dealkylation sites (tertiary alicyclic amines) is 1. The molecule has 0 bridgehead atoms. The van der Waals surface area contributed by atoms with Gasteiger partial charge < -0.3 is 14.4 Å². The Morgan fingerprint density at radius 3 is 3.04 bits per heavy atom. The van der Waals surface area contributed by atoms with E-state index >= 15 is 0 Å². The fourth-order valence-corrected chi connectivity index (χ4v) is 3.74. The highest BCUT2D eigenvalue weighted by molar-refractivity contribution is 5.94. The summed E-state index contributed by atoms with van der Waals surface area (Å²) in [7, 11) is 1.81. The highest BCUT2D eigenvalue weighted by Gasteiger charge is 2.54. The second-order valence-electron chi connectivity index (χ2n) is 6.77. The van der Waals surface area contributed by atoms with Crippen LogP contribution in [0.4, 0.5) is 0 Å². The lowest BCUT2D eigenvalue weighted by Crippen LogP contribution is -2.66. The van der Waals surface area contributed by atoms with Gasteiger partial charge in [0.2, 0.25) is 5.88 Å². The van der Waals surface area contributed by atoms with E-state index in [0.29, 0.717) is 37.1 Å². The monoisotopic (exact) mass is 342 g/mol. The number of aryl methyl sites for hydroxylation is 1. The molecule has 2 fully saturated rings. The van der Waals surface area contributed by atoms with Crippen LogP contribution in [0.15, 0.2) is 36.8 Å². The molecule has 2 aliphatic heterocycles. The minimum absolute atomic E-state index is 0.0257. The zero-order chi connectivity index (χ0) is 17.3. The van der Waals surface area contributed by atoms with E-state index in [4.69, 9.17) is 9.47 Å². The van der Waals surface area contributed by atoms with E-state index in [0.717, 1.165) is 19.4 Å². The van der Waals surface area contributed by atoms with Gasteiger partial charge in [-0.1, -0.05) is 6.07 Å². The number of ether oxygens (including phenoxy) is 2. The summed E-state index contributed by atoms with van der Waals surface area (Å²) in [6, 6.07) is 5.64. The van der Waals surface area contributed by atoms with Crippen LogP contribution in [0.25, 0.3) is 0 Å². The van der Waals surface area contributed by atoms with E-state index in [-0.39, 0.29) is 11.5 Å². The third-order valence-corrected chi connectivity index (χ3v) is 5.11. The number of carbonyl (C=O) groups excluding carboxylic acids is 1. The fourth-order valence-electron chi connectivity index (χ4n) is 3.74. The molecule has 4 heterocycles. The lowest BCUT2D eigenvalue weighted by molar-refractivity contribution is -0.119. The van der Waals surface area contributed by atoms with Crippen molar-refractivity contribution in [2.75, 3.05) is 26.3 Å². The van der Waals surface area contributed by atoms with Crippen LogP contribution in [0.1, 0.15) is 23.2 Å². The van der Waals surface area contributed by atoms with Crippen molar-refractivity contribution < 1.29 is 14.3 Å². The Labute approximate surface area is 146 Å². The lowest BCUT2D eigenvalue weighted by Gasteiger charge is -2.50. The van der Waals surface area contributed by atoms with Crippen LogP contribution < -0.4 is 4.74 Å². The Hall–Kier alpha value is -2.41. The number of rotatable bonds is 5. The first-order valence-electron chi connectivity index (χ1n) is 8.62. The van der Waals surface area contributed by atoms with Crippen LogP contribution in [0.3, 0.4) is 0 Å². The molecule has 1 amide bonds. The second-order valence-corrected chi connectivity index (χ2v) is 6.77. The quantitative estimate of drug-likeness (QED) is 0.824. The zero-order valence-electron chi connectivity index (χ0n) is 14.3. The first kappa shape index (κ1) is 16.1. The maximum absolute atomic E-state index is 12.5. The van der Waals surface area contributed by atoms with Gasteiger partial charge in [-0.25, -0.2) is 4.98 Å². The van der Waals surface area contributed by atoms with Crippen LogP contribution in [0.5, 0.6) is 5.88 Å². The highest BCUT2D eigenvalue weighted by Crippen LogP contribution is 2.42. The van der Waals surface area contributed by atoms with Gasteiger partial charge in [-0.2, -0.15) is 5.10 Å². The Bertz CT molecular complexity index is 740. The summed E-state index contributed by atoms with van der Waals surface area (Å²) in [5.74, 6) is 1.09. The normalized spacial score (nSPS) is 21.3. The summed E-state index contributed by atoms with van der Waals surface area (Å²) in [6.45, 7) is 2.66. The molecule has 0 radical (unpaired) electrons. The molecule has 0 aliphatic carbocycles. The van der Waals surface area contributed by atoms with Crippen molar-refractivity contribution in [3.05, 3.63) is 42.4 Å². The summed E-state index contributed by atoms with van der Waals surface area (Å²) < 4.78 is 13.4. The number of nitrogens with zero attached hydrogens (tertiary/aromatic N) is 4. The molecule has 0 unspecified atom stereocenters. The number of pyridine rings is 1. The van der Waals surface area contributed by atoms with E-state index in [1.807, 2.05) is 30.1 Å². The summed E-state index contributed by atoms with van der Waals surface area (Å²) in [6.07, 6.45) is 7.01. The molecule has 0 saturated carbocycles. The van der Waals surface area contributed by atoms with E-state index in [1.54, 1.807) is 23.3 Å². The lowest BCUT2D eigenvalue weighted by atomic mass is 9.79. The predicted molar refractivity (Wildman–Crippen MR) is 90.3 cm³/mol. The van der Waals surface area contributed by atoms with Crippen molar-refractivity contribution in [1.82, 2.24) is 19.7 Å². The molecule has 2 aromatic rings. The molecule has 25 heavy (non-hydrogen) atoms. The standard InChI is InChI=1S/C18H22N4O3/c1-21-11-14(10-20-21)17(23)22-12-18(13-22)15(6-9-25-18)5-8-24-16-4-2-3-7-19-16/h2-4,7,10-11,15H,5-6,8-9,12-13H2,1H3/t15-/m0/s1. The second kappa shape index (κ2) is 6.48. The fraction of sp³-hybridized carbons (Fsp3) is 0.500. The van der Waals surface area contributed by atoms with Crippen LogP contribution in [0, 0.1) is 5.92 Å². The van der Waals surface area contributed by atoms with Crippen LogP contribution >= 0.6 is 0 Å². The zero-order valence-corrected chi connectivity index (χ0v) is 14.3. The SMILES string of the molecule is Cn1cc(C(=O)N2CC3(C2)OCC[C@@H]3CCOc2ccccn2)cn1.